The van der Waals surface area contributed by atoms with Crippen molar-refractivity contribution in [2.45, 2.75) is 91.4 Å². The van der Waals surface area contributed by atoms with Crippen LogP contribution in [0.3, 0.4) is 0 Å². The molecule has 0 aliphatic heterocycles. The summed E-state index contributed by atoms with van der Waals surface area (Å²) in [4.78, 5) is 23.2. The summed E-state index contributed by atoms with van der Waals surface area (Å²) in [5, 5.41) is 0. The molecule has 29 heavy (non-hydrogen) atoms. The molecule has 5 heteroatoms. The predicted molar refractivity (Wildman–Crippen MR) is 113 cm³/mol. The summed E-state index contributed by atoms with van der Waals surface area (Å²) < 4.78 is 33.0. The van der Waals surface area contributed by atoms with Crippen LogP contribution in [0.15, 0.2) is 12.2 Å². The smallest absolute Gasteiger partial charge is 0.309 e. The number of carbonyl (C=O) groups excluding carboxylic acids is 2. The molecular weight excluding hydrogens is 374 g/mol. The van der Waals surface area contributed by atoms with E-state index in [2.05, 4.69) is 18.6 Å². The second-order valence-corrected chi connectivity index (χ2v) is 9.11. The number of methoxy groups -OCH3 is 1. The van der Waals surface area contributed by atoms with Gasteiger partial charge >= 0.3 is 11.9 Å². The Morgan fingerprint density at radius 2 is 1.79 bits per heavy atom. The molecule has 168 valence electrons. The number of ketones is 1. The lowest BCUT2D eigenvalue weighted by Crippen LogP contribution is -2.29. The van der Waals surface area contributed by atoms with Gasteiger partial charge in [-0.1, -0.05) is 59.5 Å². The Morgan fingerprint density at radius 1 is 1.14 bits per heavy atom. The average Bonchev–Trinajstić information content (AvgIpc) is 2.94. The van der Waals surface area contributed by atoms with E-state index in [1.54, 1.807) is 13.0 Å². The van der Waals surface area contributed by atoms with Crippen LogP contribution < -0.4 is 0 Å². The average molecular weight is 415 g/mol. The molecule has 0 aromatic carbocycles. The van der Waals surface area contributed by atoms with Crippen LogP contribution in [0.5, 0.6) is 0 Å². The maximum atomic E-state index is 14.2. The predicted octanol–water partition coefficient (Wildman–Crippen LogP) is 6.61. The highest BCUT2D eigenvalue weighted by Crippen LogP contribution is 2.44. The van der Waals surface area contributed by atoms with E-state index in [9.17, 15) is 18.4 Å². The van der Waals surface area contributed by atoms with Gasteiger partial charge in [-0.15, -0.1) is 0 Å². The van der Waals surface area contributed by atoms with Gasteiger partial charge in [0.25, 0.3) is 0 Å². The van der Waals surface area contributed by atoms with Gasteiger partial charge in [-0.3, -0.25) is 9.59 Å². The molecule has 0 aromatic rings. The summed E-state index contributed by atoms with van der Waals surface area (Å²) >= 11 is 0. The molecule has 1 aliphatic rings. The van der Waals surface area contributed by atoms with Crippen LogP contribution in [-0.4, -0.2) is 24.8 Å². The van der Waals surface area contributed by atoms with Gasteiger partial charge in [0.1, 0.15) is 0 Å². The number of hydrogen-bond donors (Lipinski definition) is 0. The van der Waals surface area contributed by atoms with Crippen molar-refractivity contribution >= 4 is 11.8 Å². The van der Waals surface area contributed by atoms with Crippen LogP contribution >= 0.6 is 0 Å². The lowest BCUT2D eigenvalue weighted by atomic mass is 9.83. The zero-order valence-electron chi connectivity index (χ0n) is 18.9. The van der Waals surface area contributed by atoms with E-state index in [1.807, 2.05) is 6.92 Å². The molecule has 0 N–H and O–H groups in total. The fraction of sp³-hybridized carbons (Fsp3) is 0.833. The number of carbonyl (C=O) groups is 2. The first-order valence-corrected chi connectivity index (χ1v) is 11.3. The molecular formula is C24H40F2O3. The third kappa shape index (κ3) is 8.55. The van der Waals surface area contributed by atoms with Crippen molar-refractivity contribution in [1.82, 2.24) is 0 Å². The quantitative estimate of drug-likeness (QED) is 0.194. The number of hydrogen-bond acceptors (Lipinski definition) is 3. The minimum Gasteiger partial charge on any atom is -0.469 e. The summed E-state index contributed by atoms with van der Waals surface area (Å²) in [6, 6.07) is 0. The van der Waals surface area contributed by atoms with E-state index in [1.165, 1.54) is 7.11 Å². The summed E-state index contributed by atoms with van der Waals surface area (Å²) in [6.07, 6.45) is 9.71. The lowest BCUT2D eigenvalue weighted by molar-refractivity contribution is -0.141. The molecule has 1 saturated carbocycles. The van der Waals surface area contributed by atoms with Crippen LogP contribution in [-0.2, 0) is 14.3 Å². The Balaban J connectivity index is 2.56. The minimum absolute atomic E-state index is 0.164. The number of alkyl halides is 2. The van der Waals surface area contributed by atoms with Crippen molar-refractivity contribution < 1.29 is 23.1 Å². The highest BCUT2D eigenvalue weighted by Gasteiger charge is 2.40. The maximum Gasteiger partial charge on any atom is 0.309 e. The molecule has 0 aromatic heterocycles. The molecule has 5 atom stereocenters. The largest absolute Gasteiger partial charge is 0.469 e. The highest BCUT2D eigenvalue weighted by molar-refractivity contribution is 5.95. The van der Waals surface area contributed by atoms with Gasteiger partial charge in [0.15, 0.2) is 0 Å². The van der Waals surface area contributed by atoms with Crippen LogP contribution in [0, 0.1) is 29.6 Å². The molecule has 1 fully saturated rings. The summed E-state index contributed by atoms with van der Waals surface area (Å²) in [6.45, 7) is 8.00. The van der Waals surface area contributed by atoms with Crippen LogP contribution in [0.2, 0.25) is 0 Å². The molecule has 1 rings (SSSR count). The van der Waals surface area contributed by atoms with E-state index in [-0.39, 0.29) is 24.2 Å². The molecule has 1 aliphatic carbocycles. The summed E-state index contributed by atoms with van der Waals surface area (Å²) in [7, 11) is 1.41. The van der Waals surface area contributed by atoms with Crippen LogP contribution in [0.25, 0.3) is 0 Å². The third-order valence-electron chi connectivity index (χ3n) is 6.65. The Labute approximate surface area is 175 Å². The van der Waals surface area contributed by atoms with Gasteiger partial charge in [-0.05, 0) is 54.9 Å². The molecule has 0 bridgehead atoms. The first kappa shape index (κ1) is 25.8. The Hall–Kier alpha value is -1.26. The number of rotatable bonds is 13. The van der Waals surface area contributed by atoms with Crippen molar-refractivity contribution in [2.75, 3.05) is 7.11 Å². The number of unbranched alkanes of at least 4 members (excludes halogenated alkanes) is 3. The fourth-order valence-electron chi connectivity index (χ4n) is 4.64. The van der Waals surface area contributed by atoms with Crippen molar-refractivity contribution in [1.29, 1.82) is 0 Å². The molecule has 0 radical (unpaired) electrons. The summed E-state index contributed by atoms with van der Waals surface area (Å²) in [5.74, 6) is -3.10. The first-order chi connectivity index (χ1) is 13.6. The number of esters is 1. The second kappa shape index (κ2) is 12.4. The zero-order chi connectivity index (χ0) is 22.0. The topological polar surface area (TPSA) is 43.4 Å². The van der Waals surface area contributed by atoms with E-state index in [0.29, 0.717) is 30.6 Å². The Morgan fingerprint density at radius 3 is 2.41 bits per heavy atom. The SMILES string of the molecule is CC[C@H](C)CC(F)(F)C(=O)/C=C/[C@@H]1C(CCCCCCC(=O)OC)[C@@H](C)C[C@H]1C. The van der Waals surface area contributed by atoms with Gasteiger partial charge in [0.2, 0.25) is 5.78 Å². The van der Waals surface area contributed by atoms with Crippen molar-refractivity contribution in [2.24, 2.45) is 29.6 Å². The molecule has 0 heterocycles. The van der Waals surface area contributed by atoms with Gasteiger partial charge < -0.3 is 4.74 Å². The molecule has 0 amide bonds. The molecule has 0 saturated heterocycles. The van der Waals surface area contributed by atoms with Crippen LogP contribution in [0.1, 0.15) is 85.5 Å². The maximum absolute atomic E-state index is 14.2. The van der Waals surface area contributed by atoms with E-state index >= 15 is 0 Å². The van der Waals surface area contributed by atoms with Gasteiger partial charge in [0.05, 0.1) is 7.11 Å². The molecule has 3 nitrogen and oxygen atoms in total. The van der Waals surface area contributed by atoms with E-state index in [4.69, 9.17) is 0 Å². The van der Waals surface area contributed by atoms with Gasteiger partial charge in [-0.25, -0.2) is 0 Å². The molecule has 0 spiro atoms. The van der Waals surface area contributed by atoms with Gasteiger partial charge in [-0.2, -0.15) is 8.78 Å². The van der Waals surface area contributed by atoms with E-state index < -0.39 is 11.7 Å². The second-order valence-electron chi connectivity index (χ2n) is 9.11. The lowest BCUT2D eigenvalue weighted by Gasteiger charge is -2.22. The standard InChI is InChI=1S/C24H40F2O3/c1-6-17(2)16-24(25,26)22(27)14-13-21-19(4)15-18(3)20(21)11-9-7-8-10-12-23(28)29-5/h13-14,17-21H,6-12,15-16H2,1-5H3/b14-13+/t17-,18-,19+,20?,21-/m0/s1. The summed E-state index contributed by atoms with van der Waals surface area (Å²) in [5.41, 5.74) is 0. The van der Waals surface area contributed by atoms with Crippen LogP contribution in [0.4, 0.5) is 8.78 Å². The van der Waals surface area contributed by atoms with E-state index in [0.717, 1.165) is 44.6 Å². The number of halogens is 2. The zero-order valence-corrected chi connectivity index (χ0v) is 18.9. The normalized spacial score (nSPS) is 26.0. The highest BCUT2D eigenvalue weighted by atomic mass is 19.3. The number of allylic oxidation sites excluding steroid dienone is 2. The minimum atomic E-state index is -3.27. The van der Waals surface area contributed by atoms with Crippen molar-refractivity contribution in [3.8, 4) is 0 Å². The van der Waals surface area contributed by atoms with Crippen molar-refractivity contribution in [3.63, 3.8) is 0 Å². The fourth-order valence-corrected chi connectivity index (χ4v) is 4.64. The third-order valence-corrected chi connectivity index (χ3v) is 6.65. The van der Waals surface area contributed by atoms with Crippen molar-refractivity contribution in [3.05, 3.63) is 12.2 Å². The van der Waals surface area contributed by atoms with Gasteiger partial charge in [0, 0.05) is 12.8 Å². The Kier molecular flexibility index (Phi) is 11.1. The Bertz CT molecular complexity index is 544. The molecule has 1 unspecified atom stereocenters. The number of ether oxygens (including phenoxy) is 1. The monoisotopic (exact) mass is 414 g/mol. The first-order valence-electron chi connectivity index (χ1n) is 11.3.